The zero-order valence-corrected chi connectivity index (χ0v) is 12.1. The molecule has 0 aromatic heterocycles. The normalized spacial score (nSPS) is 13.8. The van der Waals surface area contributed by atoms with Gasteiger partial charge in [0.1, 0.15) is 0 Å². The van der Waals surface area contributed by atoms with E-state index in [1.165, 1.54) is 19.8 Å². The van der Waals surface area contributed by atoms with Gasteiger partial charge in [0.2, 0.25) is 5.91 Å². The van der Waals surface area contributed by atoms with Gasteiger partial charge in [-0.3, -0.25) is 9.59 Å². The second-order valence-corrected chi connectivity index (χ2v) is 4.89. The summed E-state index contributed by atoms with van der Waals surface area (Å²) in [6, 6.07) is -0.103. The number of carbonyl (C=O) groups is 2. The molecule has 4 heteroatoms. The fraction of sp³-hybridized carbons (Fsp3) is 0.857. The van der Waals surface area contributed by atoms with Crippen LogP contribution < -0.4 is 5.32 Å². The van der Waals surface area contributed by atoms with Gasteiger partial charge in [-0.1, -0.05) is 33.1 Å². The Kier molecular flexibility index (Phi) is 9.33. The molecule has 0 aromatic rings. The predicted molar refractivity (Wildman–Crippen MR) is 72.2 cm³/mol. The molecule has 1 amide bonds. The first-order valence-corrected chi connectivity index (χ1v) is 6.92. The van der Waals surface area contributed by atoms with E-state index in [1.807, 2.05) is 0 Å². The molecule has 2 atom stereocenters. The van der Waals surface area contributed by atoms with Crippen molar-refractivity contribution in [1.82, 2.24) is 5.32 Å². The first kappa shape index (κ1) is 16.9. The van der Waals surface area contributed by atoms with Crippen LogP contribution in [-0.2, 0) is 14.3 Å². The van der Waals surface area contributed by atoms with E-state index < -0.39 is 0 Å². The van der Waals surface area contributed by atoms with Crippen LogP contribution in [0, 0.1) is 5.92 Å². The Hall–Kier alpha value is -1.06. The summed E-state index contributed by atoms with van der Waals surface area (Å²) in [5.74, 6) is 0.183. The summed E-state index contributed by atoms with van der Waals surface area (Å²) in [6.07, 6.45) is 4.60. The highest BCUT2D eigenvalue weighted by atomic mass is 16.5. The molecule has 0 heterocycles. The number of unbranched alkanes of at least 4 members (excludes halogenated alkanes) is 1. The Balaban J connectivity index is 4.21. The third-order valence-electron chi connectivity index (χ3n) is 2.86. The molecule has 0 bridgehead atoms. The van der Waals surface area contributed by atoms with Gasteiger partial charge in [0.25, 0.3) is 0 Å². The van der Waals surface area contributed by atoms with E-state index in [4.69, 9.17) is 4.74 Å². The summed E-state index contributed by atoms with van der Waals surface area (Å²) in [5.41, 5.74) is 0. The monoisotopic (exact) mass is 257 g/mol. The summed E-state index contributed by atoms with van der Waals surface area (Å²) in [5, 5.41) is 2.84. The number of hydrogen-bond donors (Lipinski definition) is 1. The molecule has 18 heavy (non-hydrogen) atoms. The lowest BCUT2D eigenvalue weighted by atomic mass is 9.94. The van der Waals surface area contributed by atoms with Crippen molar-refractivity contribution >= 4 is 11.9 Å². The highest BCUT2D eigenvalue weighted by Crippen LogP contribution is 2.16. The average molecular weight is 257 g/mol. The molecule has 0 aliphatic heterocycles. The van der Waals surface area contributed by atoms with Crippen LogP contribution in [0.25, 0.3) is 0 Å². The molecule has 0 aliphatic carbocycles. The minimum absolute atomic E-state index is 0.0908. The van der Waals surface area contributed by atoms with Crippen molar-refractivity contribution in [2.24, 2.45) is 5.92 Å². The first-order valence-electron chi connectivity index (χ1n) is 6.92. The van der Waals surface area contributed by atoms with E-state index in [9.17, 15) is 9.59 Å². The molecular formula is C14H27NO3. The lowest BCUT2D eigenvalue weighted by Crippen LogP contribution is -2.36. The van der Waals surface area contributed by atoms with Crippen LogP contribution >= 0.6 is 0 Å². The Morgan fingerprint density at radius 1 is 1.28 bits per heavy atom. The molecule has 0 saturated carbocycles. The molecule has 1 N–H and O–H groups in total. The van der Waals surface area contributed by atoms with Gasteiger partial charge in [0.05, 0.1) is 13.0 Å². The predicted octanol–water partition coefficient (Wildman–Crippen LogP) is 2.66. The number of rotatable bonds is 9. The Labute approximate surface area is 110 Å². The van der Waals surface area contributed by atoms with Crippen molar-refractivity contribution in [3.63, 3.8) is 0 Å². The van der Waals surface area contributed by atoms with E-state index >= 15 is 0 Å². The molecule has 0 unspecified atom stereocenters. The van der Waals surface area contributed by atoms with Crippen molar-refractivity contribution in [1.29, 1.82) is 0 Å². The molecule has 0 saturated heterocycles. The third kappa shape index (κ3) is 9.02. The molecule has 0 aromatic carbocycles. The number of carbonyl (C=O) groups excluding carboxylic acids is 2. The van der Waals surface area contributed by atoms with Crippen LogP contribution in [0.3, 0.4) is 0 Å². The van der Waals surface area contributed by atoms with E-state index in [2.05, 4.69) is 19.2 Å². The number of nitrogens with one attached hydrogen (secondary N) is 1. The van der Waals surface area contributed by atoms with Crippen LogP contribution in [0.5, 0.6) is 0 Å². The zero-order valence-electron chi connectivity index (χ0n) is 12.1. The number of amides is 1. The van der Waals surface area contributed by atoms with Crippen LogP contribution in [0.4, 0.5) is 0 Å². The fourth-order valence-electron chi connectivity index (χ4n) is 2.06. The van der Waals surface area contributed by atoms with Gasteiger partial charge in [-0.25, -0.2) is 0 Å². The van der Waals surface area contributed by atoms with Gasteiger partial charge in [-0.15, -0.1) is 0 Å². The summed E-state index contributed by atoms with van der Waals surface area (Å²) >= 11 is 0. The van der Waals surface area contributed by atoms with Crippen molar-refractivity contribution in [2.75, 3.05) is 6.61 Å². The average Bonchev–Trinajstić information content (AvgIpc) is 2.25. The smallest absolute Gasteiger partial charge is 0.307 e. The van der Waals surface area contributed by atoms with Crippen LogP contribution in [-0.4, -0.2) is 24.5 Å². The van der Waals surface area contributed by atoms with E-state index in [1.54, 1.807) is 6.92 Å². The molecule has 106 valence electrons. The standard InChI is InChI=1S/C14H27NO3/c1-5-7-8-11(3)9-13(15-12(4)16)10-14(17)18-6-2/h11,13H,5-10H2,1-4H3,(H,15,16)/t11-,13-/m1/s1. The fourth-order valence-corrected chi connectivity index (χ4v) is 2.06. The quantitative estimate of drug-likeness (QED) is 0.646. The number of hydrogen-bond acceptors (Lipinski definition) is 3. The SMILES string of the molecule is CCCC[C@@H](C)C[C@H](CC(=O)OCC)NC(C)=O. The summed E-state index contributed by atoms with van der Waals surface area (Å²) in [7, 11) is 0. The van der Waals surface area contributed by atoms with Crippen LogP contribution in [0.2, 0.25) is 0 Å². The molecule has 0 fully saturated rings. The molecule has 0 aliphatic rings. The third-order valence-corrected chi connectivity index (χ3v) is 2.86. The van der Waals surface area contributed by atoms with Crippen molar-refractivity contribution < 1.29 is 14.3 Å². The van der Waals surface area contributed by atoms with Gasteiger partial charge in [0, 0.05) is 13.0 Å². The summed E-state index contributed by atoms with van der Waals surface area (Å²) in [4.78, 5) is 22.6. The number of esters is 1. The van der Waals surface area contributed by atoms with Gasteiger partial charge in [0.15, 0.2) is 0 Å². The number of ether oxygens (including phenoxy) is 1. The Bertz CT molecular complexity index is 253. The minimum Gasteiger partial charge on any atom is -0.466 e. The van der Waals surface area contributed by atoms with Crippen molar-refractivity contribution in [3.8, 4) is 0 Å². The van der Waals surface area contributed by atoms with E-state index in [0.717, 1.165) is 12.8 Å². The molecule has 4 nitrogen and oxygen atoms in total. The highest BCUT2D eigenvalue weighted by molar-refractivity contribution is 5.75. The maximum Gasteiger partial charge on any atom is 0.307 e. The van der Waals surface area contributed by atoms with Gasteiger partial charge >= 0.3 is 5.97 Å². The second kappa shape index (κ2) is 9.92. The Morgan fingerprint density at radius 2 is 1.94 bits per heavy atom. The van der Waals surface area contributed by atoms with Gasteiger partial charge in [-0.2, -0.15) is 0 Å². The molecule has 0 rings (SSSR count). The van der Waals surface area contributed by atoms with Crippen molar-refractivity contribution in [3.05, 3.63) is 0 Å². The van der Waals surface area contributed by atoms with E-state index in [0.29, 0.717) is 12.5 Å². The van der Waals surface area contributed by atoms with Crippen LogP contribution in [0.1, 0.15) is 59.8 Å². The summed E-state index contributed by atoms with van der Waals surface area (Å²) in [6.45, 7) is 7.98. The maximum atomic E-state index is 11.5. The van der Waals surface area contributed by atoms with Gasteiger partial charge < -0.3 is 10.1 Å². The second-order valence-electron chi connectivity index (χ2n) is 4.89. The largest absolute Gasteiger partial charge is 0.466 e. The minimum atomic E-state index is -0.237. The first-order chi connectivity index (χ1) is 8.49. The van der Waals surface area contributed by atoms with Crippen molar-refractivity contribution in [2.45, 2.75) is 65.8 Å². The molecular weight excluding hydrogens is 230 g/mol. The van der Waals surface area contributed by atoms with Gasteiger partial charge in [-0.05, 0) is 19.3 Å². The zero-order chi connectivity index (χ0) is 14.0. The lowest BCUT2D eigenvalue weighted by molar-refractivity contribution is -0.143. The topological polar surface area (TPSA) is 55.4 Å². The molecule has 0 radical (unpaired) electrons. The lowest BCUT2D eigenvalue weighted by Gasteiger charge is -2.21. The Morgan fingerprint density at radius 3 is 2.44 bits per heavy atom. The van der Waals surface area contributed by atoms with Crippen LogP contribution in [0.15, 0.2) is 0 Å². The van der Waals surface area contributed by atoms with E-state index in [-0.39, 0.29) is 24.3 Å². The maximum absolute atomic E-state index is 11.5. The molecule has 0 spiro atoms. The highest BCUT2D eigenvalue weighted by Gasteiger charge is 2.18. The summed E-state index contributed by atoms with van der Waals surface area (Å²) < 4.78 is 4.93.